The van der Waals surface area contributed by atoms with Gasteiger partial charge in [-0.3, -0.25) is 0 Å². The zero-order valence-corrected chi connectivity index (χ0v) is 5.99. The molecule has 0 heterocycles. The number of halogens is 3. The molecule has 0 aromatic carbocycles. The number of alkyl halides is 3. The zero-order chi connectivity index (χ0) is 8.06. The molecule has 2 aliphatic carbocycles. The van der Waals surface area contributed by atoms with E-state index in [0.29, 0.717) is 0 Å². The van der Waals surface area contributed by atoms with Gasteiger partial charge in [-0.2, -0.15) is 13.2 Å². The lowest BCUT2D eigenvalue weighted by Crippen LogP contribution is -2.16. The van der Waals surface area contributed by atoms with Crippen LogP contribution in [0, 0.1) is 11.8 Å². The maximum Gasteiger partial charge on any atom is 0.412 e. The fraction of sp³-hybridized carbons (Fsp3) is 0.750. The van der Waals surface area contributed by atoms with Crippen LogP contribution in [0.1, 0.15) is 19.3 Å². The second kappa shape index (κ2) is 2.02. The minimum Gasteiger partial charge on any atom is -0.166 e. The first-order valence-corrected chi connectivity index (χ1v) is 3.86. The predicted octanol–water partition coefficient (Wildman–Crippen LogP) is 2.91. The Labute approximate surface area is 63.1 Å². The van der Waals surface area contributed by atoms with Gasteiger partial charge in [0.2, 0.25) is 0 Å². The number of hydrogen-bond donors (Lipinski definition) is 0. The van der Waals surface area contributed by atoms with Crippen molar-refractivity contribution in [3.63, 3.8) is 0 Å². The molecule has 2 unspecified atom stereocenters. The van der Waals surface area contributed by atoms with Crippen LogP contribution in [0.3, 0.4) is 0 Å². The molecule has 2 rings (SSSR count). The van der Waals surface area contributed by atoms with Crippen LogP contribution in [0.25, 0.3) is 0 Å². The highest BCUT2D eigenvalue weighted by molar-refractivity contribution is 5.23. The quantitative estimate of drug-likeness (QED) is 0.480. The number of allylic oxidation sites excluding steroid dienone is 2. The van der Waals surface area contributed by atoms with Gasteiger partial charge in [0.25, 0.3) is 0 Å². The SMILES string of the molecule is FC(F)(F)C1=CC2CCC1C2. The first-order valence-electron chi connectivity index (χ1n) is 3.86. The van der Waals surface area contributed by atoms with Crippen LogP contribution in [0.2, 0.25) is 0 Å². The second-order valence-electron chi connectivity index (χ2n) is 3.39. The Morgan fingerprint density at radius 2 is 2.00 bits per heavy atom. The number of fused-ring (bicyclic) bond motifs is 2. The van der Waals surface area contributed by atoms with E-state index in [2.05, 4.69) is 0 Å². The van der Waals surface area contributed by atoms with Crippen LogP contribution in [0.5, 0.6) is 0 Å². The number of rotatable bonds is 0. The molecule has 0 aliphatic heterocycles. The minimum atomic E-state index is -4.06. The van der Waals surface area contributed by atoms with Crippen LogP contribution in [0.15, 0.2) is 11.6 Å². The molecule has 0 saturated heterocycles. The van der Waals surface area contributed by atoms with Crippen molar-refractivity contribution < 1.29 is 13.2 Å². The van der Waals surface area contributed by atoms with Gasteiger partial charge < -0.3 is 0 Å². The predicted molar refractivity (Wildman–Crippen MR) is 35.0 cm³/mol. The van der Waals surface area contributed by atoms with Gasteiger partial charge in [-0.25, -0.2) is 0 Å². The van der Waals surface area contributed by atoms with Crippen LogP contribution < -0.4 is 0 Å². The molecule has 2 bridgehead atoms. The summed E-state index contributed by atoms with van der Waals surface area (Å²) in [6.45, 7) is 0. The standard InChI is InChI=1S/C8H9F3/c9-8(10,11)7-4-5-1-2-6(7)3-5/h4-6H,1-3H2. The third-order valence-electron chi connectivity index (χ3n) is 2.66. The normalized spacial score (nSPS) is 36.1. The van der Waals surface area contributed by atoms with Crippen LogP contribution in [0.4, 0.5) is 13.2 Å². The summed E-state index contributed by atoms with van der Waals surface area (Å²) in [4.78, 5) is 0. The van der Waals surface area contributed by atoms with Gasteiger partial charge in [0, 0.05) is 5.57 Å². The molecular weight excluding hydrogens is 153 g/mol. The Bertz CT molecular complexity index is 202. The van der Waals surface area contributed by atoms with E-state index in [0.717, 1.165) is 19.3 Å². The highest BCUT2D eigenvalue weighted by atomic mass is 19.4. The molecule has 0 radical (unpaired) electrons. The van der Waals surface area contributed by atoms with Gasteiger partial charge in [-0.05, 0) is 31.1 Å². The third-order valence-corrected chi connectivity index (χ3v) is 2.66. The largest absolute Gasteiger partial charge is 0.412 e. The Balaban J connectivity index is 2.23. The smallest absolute Gasteiger partial charge is 0.166 e. The molecule has 0 nitrogen and oxygen atoms in total. The van der Waals surface area contributed by atoms with E-state index in [9.17, 15) is 13.2 Å². The van der Waals surface area contributed by atoms with Crippen molar-refractivity contribution in [3.05, 3.63) is 11.6 Å². The lowest BCUT2D eigenvalue weighted by Gasteiger charge is -2.15. The minimum absolute atomic E-state index is 0.167. The summed E-state index contributed by atoms with van der Waals surface area (Å²) in [5, 5.41) is 0. The van der Waals surface area contributed by atoms with Crippen molar-refractivity contribution in [2.45, 2.75) is 25.4 Å². The Hall–Kier alpha value is -0.470. The van der Waals surface area contributed by atoms with Gasteiger partial charge in [-0.15, -0.1) is 0 Å². The molecule has 62 valence electrons. The summed E-state index contributed by atoms with van der Waals surface area (Å²) in [7, 11) is 0. The van der Waals surface area contributed by atoms with E-state index < -0.39 is 6.18 Å². The zero-order valence-electron chi connectivity index (χ0n) is 5.99. The average Bonchev–Trinajstić information content (AvgIpc) is 2.42. The summed E-state index contributed by atoms with van der Waals surface area (Å²) in [6.07, 6.45) is -0.177. The first-order chi connectivity index (χ1) is 5.07. The lowest BCUT2D eigenvalue weighted by atomic mass is 9.98. The van der Waals surface area contributed by atoms with Crippen molar-refractivity contribution >= 4 is 0 Å². The molecule has 0 N–H and O–H groups in total. The second-order valence-corrected chi connectivity index (χ2v) is 3.39. The van der Waals surface area contributed by atoms with E-state index in [1.165, 1.54) is 6.08 Å². The van der Waals surface area contributed by atoms with Gasteiger partial charge in [-0.1, -0.05) is 6.08 Å². The monoisotopic (exact) mass is 162 g/mol. The van der Waals surface area contributed by atoms with Gasteiger partial charge in [0.05, 0.1) is 0 Å². The lowest BCUT2D eigenvalue weighted by molar-refractivity contribution is -0.0981. The Morgan fingerprint density at radius 3 is 2.27 bits per heavy atom. The molecule has 1 fully saturated rings. The third kappa shape index (κ3) is 1.06. The molecular formula is C8H9F3. The molecule has 0 amide bonds. The van der Waals surface area contributed by atoms with Crippen molar-refractivity contribution in [1.82, 2.24) is 0 Å². The first kappa shape index (κ1) is 7.19. The van der Waals surface area contributed by atoms with Gasteiger partial charge in [0.15, 0.2) is 0 Å². The van der Waals surface area contributed by atoms with Crippen molar-refractivity contribution in [2.75, 3.05) is 0 Å². The summed E-state index contributed by atoms with van der Waals surface area (Å²) >= 11 is 0. The van der Waals surface area contributed by atoms with Gasteiger partial charge >= 0.3 is 6.18 Å². The Morgan fingerprint density at radius 1 is 1.27 bits per heavy atom. The van der Waals surface area contributed by atoms with Crippen LogP contribution >= 0.6 is 0 Å². The highest BCUT2D eigenvalue weighted by Gasteiger charge is 2.45. The highest BCUT2D eigenvalue weighted by Crippen LogP contribution is 2.49. The van der Waals surface area contributed by atoms with E-state index in [1.54, 1.807) is 0 Å². The van der Waals surface area contributed by atoms with Crippen molar-refractivity contribution in [3.8, 4) is 0 Å². The fourth-order valence-corrected chi connectivity index (χ4v) is 2.17. The molecule has 11 heavy (non-hydrogen) atoms. The summed E-state index contributed by atoms with van der Waals surface area (Å²) in [5.74, 6) is 0.0663. The summed E-state index contributed by atoms with van der Waals surface area (Å²) < 4.78 is 36.5. The average molecular weight is 162 g/mol. The van der Waals surface area contributed by atoms with E-state index >= 15 is 0 Å². The fourth-order valence-electron chi connectivity index (χ4n) is 2.17. The molecule has 0 aromatic heterocycles. The topological polar surface area (TPSA) is 0 Å². The molecule has 0 aromatic rings. The molecule has 2 atom stereocenters. The molecule has 1 saturated carbocycles. The van der Waals surface area contributed by atoms with Crippen LogP contribution in [-0.2, 0) is 0 Å². The Kier molecular flexibility index (Phi) is 1.32. The molecule has 2 aliphatic rings. The summed E-state index contributed by atoms with van der Waals surface area (Å²) in [5.41, 5.74) is -0.256. The van der Waals surface area contributed by atoms with Crippen LogP contribution in [-0.4, -0.2) is 6.18 Å². The number of hydrogen-bond acceptors (Lipinski definition) is 0. The van der Waals surface area contributed by atoms with Crippen molar-refractivity contribution in [1.29, 1.82) is 0 Å². The van der Waals surface area contributed by atoms with E-state index in [1.807, 2.05) is 0 Å². The summed E-state index contributed by atoms with van der Waals surface area (Å²) in [6, 6.07) is 0. The maximum atomic E-state index is 12.2. The maximum absolute atomic E-state index is 12.2. The molecule has 0 spiro atoms. The van der Waals surface area contributed by atoms with E-state index in [-0.39, 0.29) is 17.4 Å². The van der Waals surface area contributed by atoms with E-state index in [4.69, 9.17) is 0 Å². The van der Waals surface area contributed by atoms with Crippen molar-refractivity contribution in [2.24, 2.45) is 11.8 Å². The molecule has 3 heteroatoms. The van der Waals surface area contributed by atoms with Gasteiger partial charge in [0.1, 0.15) is 0 Å².